The minimum Gasteiger partial charge on any atom is -0.493 e. The van der Waals surface area contributed by atoms with Gasteiger partial charge in [0.2, 0.25) is 5.91 Å². The second kappa shape index (κ2) is 10.1. The number of carboxylic acid groups (broad SMARTS) is 1. The van der Waals surface area contributed by atoms with E-state index in [1.165, 1.54) is 5.56 Å². The van der Waals surface area contributed by atoms with Crippen molar-refractivity contribution in [3.63, 3.8) is 0 Å². The van der Waals surface area contributed by atoms with Gasteiger partial charge in [0.05, 0.1) is 11.9 Å². The topological polar surface area (TPSA) is 106 Å². The van der Waals surface area contributed by atoms with Gasteiger partial charge in [-0.2, -0.15) is 0 Å². The average Bonchev–Trinajstić information content (AvgIpc) is 3.00. The summed E-state index contributed by atoms with van der Waals surface area (Å²) in [5.74, 6) is 0.259. The summed E-state index contributed by atoms with van der Waals surface area (Å²) in [7, 11) is 0. The van der Waals surface area contributed by atoms with E-state index in [1.54, 1.807) is 0 Å². The van der Waals surface area contributed by atoms with Crippen LogP contribution in [0.5, 0.6) is 5.75 Å². The molecular formula is C21H22N2O6S. The monoisotopic (exact) mass is 430 g/mol. The van der Waals surface area contributed by atoms with Crippen LogP contribution in [-0.4, -0.2) is 50.9 Å². The zero-order valence-electron chi connectivity index (χ0n) is 16.4. The molecule has 2 aromatic rings. The molecule has 0 radical (unpaired) electrons. The van der Waals surface area contributed by atoms with Crippen molar-refractivity contribution in [3.05, 3.63) is 59.4 Å². The van der Waals surface area contributed by atoms with Gasteiger partial charge in [-0.05, 0) is 42.2 Å². The Morgan fingerprint density at radius 3 is 2.53 bits per heavy atom. The molecule has 1 fully saturated rings. The van der Waals surface area contributed by atoms with Gasteiger partial charge in [-0.1, -0.05) is 36.9 Å². The van der Waals surface area contributed by atoms with E-state index in [4.69, 9.17) is 9.84 Å². The lowest BCUT2D eigenvalue weighted by molar-refractivity contribution is -0.129. The highest BCUT2D eigenvalue weighted by atomic mass is 32.2. The molecule has 2 heterocycles. The second-order valence-electron chi connectivity index (χ2n) is 6.64. The Balaban J connectivity index is 1.47. The van der Waals surface area contributed by atoms with Gasteiger partial charge < -0.3 is 14.6 Å². The largest absolute Gasteiger partial charge is 0.507 e. The first-order valence-corrected chi connectivity index (χ1v) is 10.4. The number of pyridine rings is 1. The quantitative estimate of drug-likeness (QED) is 0.602. The number of aryl methyl sites for hydroxylation is 1. The molecule has 158 valence electrons. The number of rotatable bonds is 9. The summed E-state index contributed by atoms with van der Waals surface area (Å²) in [5.41, 5.74) is 3.05. The third kappa shape index (κ3) is 5.73. The lowest BCUT2D eigenvalue weighted by Crippen LogP contribution is -2.34. The van der Waals surface area contributed by atoms with Crippen LogP contribution in [0.1, 0.15) is 23.7 Å². The summed E-state index contributed by atoms with van der Waals surface area (Å²) in [6, 6.07) is 11.4. The van der Waals surface area contributed by atoms with Gasteiger partial charge in [0, 0.05) is 18.3 Å². The Morgan fingerprint density at radius 2 is 1.90 bits per heavy atom. The maximum absolute atomic E-state index is 12.3. The van der Waals surface area contributed by atoms with Crippen molar-refractivity contribution < 1.29 is 29.0 Å². The fourth-order valence-electron chi connectivity index (χ4n) is 2.89. The van der Waals surface area contributed by atoms with Gasteiger partial charge >= 0.3 is 6.16 Å². The normalized spacial score (nSPS) is 16.0. The number of benzene rings is 1. The van der Waals surface area contributed by atoms with Gasteiger partial charge in [-0.3, -0.25) is 14.6 Å². The fourth-order valence-corrected chi connectivity index (χ4v) is 3.90. The van der Waals surface area contributed by atoms with Crippen molar-refractivity contribution in [2.24, 2.45) is 0 Å². The van der Waals surface area contributed by atoms with Gasteiger partial charge in [0.25, 0.3) is 5.24 Å². The number of carbonyl (C=O) groups excluding carboxylic acids is 2. The van der Waals surface area contributed by atoms with E-state index >= 15 is 0 Å². The highest BCUT2D eigenvalue weighted by Crippen LogP contribution is 2.30. The molecule has 9 heteroatoms. The lowest BCUT2D eigenvalue weighted by Gasteiger charge is -2.12. The summed E-state index contributed by atoms with van der Waals surface area (Å²) >= 11 is 0.873. The minimum absolute atomic E-state index is 0.354. The number of amides is 2. The maximum Gasteiger partial charge on any atom is 0.507 e. The van der Waals surface area contributed by atoms with Crippen molar-refractivity contribution in [2.45, 2.75) is 31.4 Å². The standard InChI is InChI=1S/C21H22N2O6S/c1-2-14-3-6-16(22-12-14)9-10-28-17-7-4-15(5-8-17)11-18-19(24)23(20(25)30-18)13-29-21(26)27/h3-8,12,18H,2,9-11,13H2,1H3,(H,26,27). The van der Waals surface area contributed by atoms with Crippen LogP contribution in [0.3, 0.4) is 0 Å². The number of hydrogen-bond donors (Lipinski definition) is 1. The lowest BCUT2D eigenvalue weighted by atomic mass is 10.1. The van der Waals surface area contributed by atoms with E-state index in [0.29, 0.717) is 25.2 Å². The number of imide groups is 1. The molecule has 1 aromatic carbocycles. The highest BCUT2D eigenvalue weighted by molar-refractivity contribution is 8.15. The van der Waals surface area contributed by atoms with Crippen molar-refractivity contribution in [1.29, 1.82) is 0 Å². The number of aromatic nitrogens is 1. The van der Waals surface area contributed by atoms with Crippen LogP contribution < -0.4 is 4.74 Å². The zero-order chi connectivity index (χ0) is 21.5. The molecule has 30 heavy (non-hydrogen) atoms. The predicted molar refractivity (Wildman–Crippen MR) is 111 cm³/mol. The number of hydrogen-bond acceptors (Lipinski definition) is 7. The Labute approximate surface area is 178 Å². The van der Waals surface area contributed by atoms with E-state index in [-0.39, 0.29) is 0 Å². The SMILES string of the molecule is CCc1ccc(CCOc2ccc(CC3SC(=O)N(COC(=O)O)C3=O)cc2)nc1. The van der Waals surface area contributed by atoms with Crippen LogP contribution in [0, 0.1) is 0 Å². The number of nitrogens with zero attached hydrogens (tertiary/aromatic N) is 2. The second-order valence-corrected chi connectivity index (χ2v) is 7.79. The molecule has 1 saturated heterocycles. The van der Waals surface area contributed by atoms with Crippen molar-refractivity contribution in [3.8, 4) is 5.75 Å². The highest BCUT2D eigenvalue weighted by Gasteiger charge is 2.40. The van der Waals surface area contributed by atoms with Gasteiger partial charge in [-0.15, -0.1) is 0 Å². The van der Waals surface area contributed by atoms with Crippen LogP contribution >= 0.6 is 11.8 Å². The van der Waals surface area contributed by atoms with Gasteiger partial charge in [0.1, 0.15) is 5.75 Å². The molecule has 1 unspecified atom stereocenters. The third-order valence-electron chi connectivity index (χ3n) is 4.59. The molecule has 0 bridgehead atoms. The average molecular weight is 430 g/mol. The smallest absolute Gasteiger partial charge is 0.493 e. The summed E-state index contributed by atoms with van der Waals surface area (Å²) in [5, 5.41) is 7.42. The molecule has 0 saturated carbocycles. The first-order valence-electron chi connectivity index (χ1n) is 9.49. The van der Waals surface area contributed by atoms with Crippen molar-refractivity contribution in [1.82, 2.24) is 9.88 Å². The summed E-state index contributed by atoms with van der Waals surface area (Å²) in [4.78, 5) is 39.9. The zero-order valence-corrected chi connectivity index (χ0v) is 17.3. The Hall–Kier alpha value is -3.07. The third-order valence-corrected chi connectivity index (χ3v) is 5.66. The minimum atomic E-state index is -1.53. The molecular weight excluding hydrogens is 408 g/mol. The molecule has 2 amide bonds. The maximum atomic E-state index is 12.3. The molecule has 1 aliphatic rings. The van der Waals surface area contributed by atoms with Crippen molar-refractivity contribution >= 4 is 29.1 Å². The summed E-state index contributed by atoms with van der Waals surface area (Å²) < 4.78 is 10.1. The molecule has 3 rings (SSSR count). The van der Waals surface area contributed by atoms with Gasteiger partial charge in [0.15, 0.2) is 6.73 Å². The van der Waals surface area contributed by atoms with E-state index in [2.05, 4.69) is 22.7 Å². The summed E-state index contributed by atoms with van der Waals surface area (Å²) in [6.07, 6.45) is 2.37. The Bertz CT molecular complexity index is 901. The van der Waals surface area contributed by atoms with Crippen LogP contribution in [0.15, 0.2) is 42.6 Å². The van der Waals surface area contributed by atoms with E-state index in [0.717, 1.165) is 34.3 Å². The Morgan fingerprint density at radius 1 is 1.17 bits per heavy atom. The molecule has 0 spiro atoms. The number of thioether (sulfide) groups is 1. The molecule has 0 aliphatic carbocycles. The molecule has 1 aromatic heterocycles. The van der Waals surface area contributed by atoms with Crippen LogP contribution in [-0.2, 0) is 28.8 Å². The first kappa shape index (κ1) is 21.6. The summed E-state index contributed by atoms with van der Waals surface area (Å²) in [6.45, 7) is 2.01. The number of ether oxygens (including phenoxy) is 2. The molecule has 1 aliphatic heterocycles. The number of carbonyl (C=O) groups is 3. The van der Waals surface area contributed by atoms with E-state index in [1.807, 2.05) is 36.5 Å². The van der Waals surface area contributed by atoms with Crippen LogP contribution in [0.25, 0.3) is 0 Å². The van der Waals surface area contributed by atoms with E-state index in [9.17, 15) is 14.4 Å². The van der Waals surface area contributed by atoms with E-state index < -0.39 is 29.3 Å². The van der Waals surface area contributed by atoms with Crippen LogP contribution in [0.2, 0.25) is 0 Å². The van der Waals surface area contributed by atoms with Crippen molar-refractivity contribution in [2.75, 3.05) is 13.3 Å². The first-order chi connectivity index (χ1) is 14.5. The van der Waals surface area contributed by atoms with Gasteiger partial charge in [-0.25, -0.2) is 9.69 Å². The predicted octanol–water partition coefficient (Wildman–Crippen LogP) is 3.52. The molecule has 1 N–H and O–H groups in total. The molecule has 1 atom stereocenters. The Kier molecular flexibility index (Phi) is 7.29. The van der Waals surface area contributed by atoms with Crippen LogP contribution in [0.4, 0.5) is 9.59 Å². The fraction of sp³-hybridized carbons (Fsp3) is 0.333. The molecule has 8 nitrogen and oxygen atoms in total.